The van der Waals surface area contributed by atoms with E-state index >= 15 is 0 Å². The molecule has 1 aliphatic rings. The van der Waals surface area contributed by atoms with Crippen LogP contribution in [0.3, 0.4) is 0 Å². The van der Waals surface area contributed by atoms with Gasteiger partial charge in [0.1, 0.15) is 41.1 Å². The summed E-state index contributed by atoms with van der Waals surface area (Å²) in [5, 5.41) is 28.1. The van der Waals surface area contributed by atoms with Crippen LogP contribution in [-0.2, 0) is 47.0 Å². The highest BCUT2D eigenvalue weighted by atomic mass is 16.5. The minimum absolute atomic E-state index is 0.0260. The van der Waals surface area contributed by atoms with Crippen molar-refractivity contribution in [1.82, 2.24) is 9.13 Å². The van der Waals surface area contributed by atoms with Gasteiger partial charge in [0, 0.05) is 35.2 Å². The van der Waals surface area contributed by atoms with Gasteiger partial charge >= 0.3 is 17.9 Å². The lowest BCUT2D eigenvalue weighted by molar-refractivity contribution is -0.140. The van der Waals surface area contributed by atoms with Gasteiger partial charge in [-0.15, -0.1) is 0 Å². The van der Waals surface area contributed by atoms with E-state index in [-0.39, 0.29) is 93.4 Å². The number of carbonyl (C=O) groups is 9. The number of benzene rings is 4. The van der Waals surface area contributed by atoms with Gasteiger partial charge in [-0.1, -0.05) is 29.8 Å². The minimum Gasteiger partial charge on any atom is -0.489 e. The van der Waals surface area contributed by atoms with Crippen molar-refractivity contribution in [3.05, 3.63) is 112 Å². The molecular weight excluding hydrogens is 947 g/mol. The van der Waals surface area contributed by atoms with E-state index in [9.17, 15) is 58.5 Å². The number of nitrogens with zero attached hydrogens (tertiary/aromatic N) is 2. The molecule has 7 rings (SSSR count). The average molecular weight is 990 g/mol. The number of carbonyl (C=O) groups excluding carboxylic acids is 6. The molecule has 0 bridgehead atoms. The number of aliphatic carboxylic acids is 3. The molecule has 72 heavy (non-hydrogen) atoms. The van der Waals surface area contributed by atoms with Gasteiger partial charge in [0.2, 0.25) is 5.78 Å². The molecule has 23 heteroatoms. The average Bonchev–Trinajstić information content (AvgIpc) is 3.90. The number of ether oxygens (including phenoxy) is 6. The lowest BCUT2D eigenvalue weighted by atomic mass is 9.91. The Morgan fingerprint density at radius 1 is 0.528 bits per heavy atom. The van der Waals surface area contributed by atoms with E-state index in [0.29, 0.717) is 27.7 Å². The van der Waals surface area contributed by atoms with Gasteiger partial charge in [-0.2, -0.15) is 0 Å². The number of primary amides is 3. The second-order valence-electron chi connectivity index (χ2n) is 16.0. The van der Waals surface area contributed by atoms with Gasteiger partial charge in [0.15, 0.2) is 33.3 Å². The van der Waals surface area contributed by atoms with Crippen LogP contribution in [0.2, 0.25) is 0 Å². The Morgan fingerprint density at radius 2 is 0.931 bits per heavy atom. The van der Waals surface area contributed by atoms with E-state index in [1.807, 2.05) is 0 Å². The molecule has 1 unspecified atom stereocenters. The number of ketones is 3. The third-order valence-electron chi connectivity index (χ3n) is 11.6. The van der Waals surface area contributed by atoms with Crippen LogP contribution in [0, 0.1) is 13.8 Å². The first-order valence-electron chi connectivity index (χ1n) is 21.4. The number of nitrogens with two attached hydrogens (primary N) is 3. The second-order valence-corrected chi connectivity index (χ2v) is 16.0. The highest BCUT2D eigenvalue weighted by Gasteiger charge is 2.39. The standard InChI is InChI=1S/C49H43N5O18/c1-22-29(28-7-4-10-32(68-17-35(55)56)41(28)38(22)44(61)47(50)64)16-67-25-13-26(71-20-53-23(2)39(45(62)48(51)65)42-30(53)8-5-11-33(42)69-18-36(57)58)15-27(14-25)72-21-54-24(3)40(46(63)49(52)66)43-31(54)9-6-12-34(43)70-19-37(59)60/h4-15,38H,16-21H2,1-3H3,(H2,50,64)(H2,51,65)(H2,52,66)(H,55,56)(H,57,58)(H,59,60). The molecule has 23 nitrogen and oxygen atoms in total. The van der Waals surface area contributed by atoms with Crippen molar-refractivity contribution < 1.29 is 86.9 Å². The molecule has 2 heterocycles. The number of fused-ring (bicyclic) bond motifs is 3. The third kappa shape index (κ3) is 9.92. The molecule has 0 saturated heterocycles. The molecule has 0 saturated carbocycles. The van der Waals surface area contributed by atoms with Crippen molar-refractivity contribution in [2.45, 2.75) is 40.2 Å². The van der Waals surface area contributed by atoms with E-state index in [0.717, 1.165) is 0 Å². The maximum Gasteiger partial charge on any atom is 0.341 e. The van der Waals surface area contributed by atoms with E-state index in [4.69, 9.17) is 45.6 Å². The zero-order chi connectivity index (χ0) is 52.3. The Hall–Kier alpha value is -9.67. The molecule has 0 radical (unpaired) electrons. The Morgan fingerprint density at radius 3 is 1.35 bits per heavy atom. The topological polar surface area (TPSA) is 358 Å². The summed E-state index contributed by atoms with van der Waals surface area (Å²) in [4.78, 5) is 111. The summed E-state index contributed by atoms with van der Waals surface area (Å²) in [6, 6.07) is 18.1. The van der Waals surface area contributed by atoms with Gasteiger partial charge in [-0.25, -0.2) is 14.4 Å². The fourth-order valence-corrected chi connectivity index (χ4v) is 8.50. The normalized spacial score (nSPS) is 12.8. The van der Waals surface area contributed by atoms with Gasteiger partial charge in [0.25, 0.3) is 29.3 Å². The number of rotatable bonds is 24. The van der Waals surface area contributed by atoms with Crippen LogP contribution >= 0.6 is 0 Å². The van der Waals surface area contributed by atoms with Gasteiger partial charge < -0.3 is 70.1 Å². The Labute approximate surface area is 405 Å². The quantitative estimate of drug-likeness (QED) is 0.0375. The molecule has 2 aromatic heterocycles. The number of carboxylic acid groups (broad SMARTS) is 3. The van der Waals surface area contributed by atoms with E-state index in [2.05, 4.69) is 0 Å². The maximum atomic E-state index is 13.3. The molecule has 0 fully saturated rings. The molecule has 9 N–H and O–H groups in total. The van der Waals surface area contributed by atoms with Gasteiger partial charge in [0.05, 0.1) is 38.9 Å². The summed E-state index contributed by atoms with van der Waals surface area (Å²) in [5.74, 6) is -11.9. The van der Waals surface area contributed by atoms with E-state index in [1.54, 1.807) is 31.2 Å². The lowest BCUT2D eigenvalue weighted by Gasteiger charge is -2.17. The third-order valence-corrected chi connectivity index (χ3v) is 11.6. The van der Waals surface area contributed by atoms with Crippen molar-refractivity contribution >= 4 is 80.4 Å². The fraction of sp³-hybridized carbons (Fsp3) is 0.204. The van der Waals surface area contributed by atoms with E-state index < -0.39 is 78.7 Å². The first-order valence-corrected chi connectivity index (χ1v) is 21.4. The summed E-state index contributed by atoms with van der Waals surface area (Å²) in [7, 11) is 0. The molecule has 0 spiro atoms. The van der Waals surface area contributed by atoms with Crippen LogP contribution < -0.4 is 45.6 Å². The highest BCUT2D eigenvalue weighted by Crippen LogP contribution is 2.47. The van der Waals surface area contributed by atoms with Crippen molar-refractivity contribution in [3.8, 4) is 34.5 Å². The van der Waals surface area contributed by atoms with Gasteiger partial charge in [-0.3, -0.25) is 28.8 Å². The first-order chi connectivity index (χ1) is 34.2. The monoisotopic (exact) mass is 989 g/mol. The number of hydrogen-bond acceptors (Lipinski definition) is 15. The zero-order valence-electron chi connectivity index (χ0n) is 38.3. The second kappa shape index (κ2) is 20.5. The van der Waals surface area contributed by atoms with Crippen molar-refractivity contribution in [3.63, 3.8) is 0 Å². The smallest absolute Gasteiger partial charge is 0.341 e. The van der Waals surface area contributed by atoms with Crippen LogP contribution in [0.5, 0.6) is 34.5 Å². The summed E-state index contributed by atoms with van der Waals surface area (Å²) in [6.45, 7) is 1.29. The summed E-state index contributed by atoms with van der Waals surface area (Å²) in [5.41, 5.74) is 18.4. The molecule has 372 valence electrons. The van der Waals surface area contributed by atoms with Crippen molar-refractivity contribution in [1.29, 1.82) is 0 Å². The number of carboxylic acids is 3. The number of aromatic nitrogens is 2. The zero-order valence-corrected chi connectivity index (χ0v) is 38.3. The highest BCUT2D eigenvalue weighted by molar-refractivity contribution is 6.46. The molecule has 6 aromatic rings. The first kappa shape index (κ1) is 50.2. The lowest BCUT2D eigenvalue weighted by Crippen LogP contribution is -2.29. The largest absolute Gasteiger partial charge is 0.489 e. The molecule has 1 atom stereocenters. The van der Waals surface area contributed by atoms with Crippen LogP contribution in [0.15, 0.2) is 78.4 Å². The predicted molar refractivity (Wildman–Crippen MR) is 249 cm³/mol. The molecule has 0 aliphatic heterocycles. The Bertz CT molecular complexity index is 3190. The number of allylic oxidation sites excluding steroid dienone is 1. The number of hydrogen-bond donors (Lipinski definition) is 6. The molecule has 1 aliphatic carbocycles. The SMILES string of the molecule is CC1=C(COc2cc(OCn3c(C)c(C(=O)C(N)=O)c4c(OCC(=O)O)cccc43)cc(OCn3c(C)c(C(=O)C(N)=O)c4c(OCC(=O)O)cccc43)c2)c2cccc(OCC(=O)O)c2C1C(=O)C(N)=O. The van der Waals surface area contributed by atoms with Crippen LogP contribution in [0.4, 0.5) is 0 Å². The molecule has 3 amide bonds. The number of amides is 3. The summed E-state index contributed by atoms with van der Waals surface area (Å²) >= 11 is 0. The van der Waals surface area contributed by atoms with Crippen molar-refractivity contribution in [2.75, 3.05) is 26.4 Å². The van der Waals surface area contributed by atoms with Crippen LogP contribution in [0.25, 0.3) is 27.4 Å². The Balaban J connectivity index is 1.30. The Kier molecular flexibility index (Phi) is 14.3. The fourth-order valence-electron chi connectivity index (χ4n) is 8.50. The predicted octanol–water partition coefficient (Wildman–Crippen LogP) is 3.02. The van der Waals surface area contributed by atoms with Crippen molar-refractivity contribution in [2.24, 2.45) is 17.2 Å². The number of Topliss-reactive ketones (excluding diaryl/α,β-unsaturated/α-hetero) is 3. The molecular formula is C49H43N5O18. The van der Waals surface area contributed by atoms with Gasteiger partial charge in [-0.05, 0) is 62.2 Å². The van der Waals surface area contributed by atoms with Crippen LogP contribution in [0.1, 0.15) is 56.1 Å². The van der Waals surface area contributed by atoms with E-state index in [1.165, 1.54) is 71.5 Å². The maximum absolute atomic E-state index is 13.3. The summed E-state index contributed by atoms with van der Waals surface area (Å²) in [6.07, 6.45) is 0. The minimum atomic E-state index is -1.30. The van der Waals surface area contributed by atoms with Crippen LogP contribution in [-0.4, -0.2) is 104 Å². The summed E-state index contributed by atoms with van der Waals surface area (Å²) < 4.78 is 38.5. The molecule has 4 aromatic carbocycles.